The van der Waals surface area contributed by atoms with Gasteiger partial charge in [0.2, 0.25) is 0 Å². The summed E-state index contributed by atoms with van der Waals surface area (Å²) in [4.78, 5) is 2.53. The van der Waals surface area contributed by atoms with E-state index in [0.29, 0.717) is 0 Å². The second-order valence-electron chi connectivity index (χ2n) is 15.2. The lowest BCUT2D eigenvalue weighted by Crippen LogP contribution is -2.17. The fraction of sp³-hybridized carbons (Fsp3) is 0.0566. The summed E-state index contributed by atoms with van der Waals surface area (Å²) in [5.41, 5.74) is 13.7. The summed E-state index contributed by atoms with van der Waals surface area (Å²) in [6.45, 7) is 4.74. The molecule has 1 aliphatic carbocycles. The van der Waals surface area contributed by atoms with Crippen molar-refractivity contribution >= 4 is 70.1 Å². The first-order valence-electron chi connectivity index (χ1n) is 19.1. The Morgan fingerprint density at radius 3 is 1.78 bits per heavy atom. The molecule has 11 rings (SSSR count). The number of benzene rings is 9. The number of anilines is 3. The molecule has 9 aromatic carbocycles. The molecule has 0 saturated heterocycles. The van der Waals surface area contributed by atoms with Crippen LogP contribution in [0.25, 0.3) is 75.1 Å². The van der Waals surface area contributed by atoms with Crippen LogP contribution in [-0.2, 0) is 5.41 Å². The summed E-state index contributed by atoms with van der Waals surface area (Å²) >= 11 is 1.88. The van der Waals surface area contributed by atoms with Crippen LogP contribution in [0.3, 0.4) is 0 Å². The van der Waals surface area contributed by atoms with E-state index in [2.05, 4.69) is 207 Å². The maximum absolute atomic E-state index is 2.53. The van der Waals surface area contributed by atoms with Gasteiger partial charge in [0.1, 0.15) is 0 Å². The van der Waals surface area contributed by atoms with E-state index in [1.165, 1.54) is 91.9 Å². The zero-order valence-electron chi connectivity index (χ0n) is 30.8. The highest BCUT2D eigenvalue weighted by Crippen LogP contribution is 2.53. The van der Waals surface area contributed by atoms with Gasteiger partial charge < -0.3 is 4.90 Å². The Morgan fingerprint density at radius 2 is 0.982 bits per heavy atom. The van der Waals surface area contributed by atoms with Crippen LogP contribution in [-0.4, -0.2) is 0 Å². The van der Waals surface area contributed by atoms with Crippen LogP contribution in [0, 0.1) is 0 Å². The largest absolute Gasteiger partial charge is 0.309 e. The van der Waals surface area contributed by atoms with Crippen molar-refractivity contribution in [2.24, 2.45) is 0 Å². The molecule has 1 aliphatic rings. The first-order valence-corrected chi connectivity index (χ1v) is 19.9. The van der Waals surface area contributed by atoms with Crippen molar-refractivity contribution in [1.29, 1.82) is 0 Å². The lowest BCUT2D eigenvalue weighted by Gasteiger charge is -2.32. The van der Waals surface area contributed by atoms with Gasteiger partial charge >= 0.3 is 0 Å². The minimum Gasteiger partial charge on any atom is -0.309 e. The first-order chi connectivity index (χ1) is 27.1. The lowest BCUT2D eigenvalue weighted by molar-refractivity contribution is 0.660. The Bertz CT molecular complexity index is 3110. The van der Waals surface area contributed by atoms with Gasteiger partial charge in [0.15, 0.2) is 0 Å². The van der Waals surface area contributed by atoms with E-state index < -0.39 is 0 Å². The van der Waals surface area contributed by atoms with E-state index in [-0.39, 0.29) is 5.41 Å². The molecule has 0 radical (unpaired) electrons. The second-order valence-corrected chi connectivity index (χ2v) is 16.3. The Labute approximate surface area is 325 Å². The van der Waals surface area contributed by atoms with Gasteiger partial charge in [0.25, 0.3) is 0 Å². The SMILES string of the molecule is CC1(C)c2ccccc2-c2ccc(N(c3ccc(-c4cccc5c4sc4ccccc45)cc3)c3c(-c4ccccc4)c4ccccc4c4ccccc34)cc21. The van der Waals surface area contributed by atoms with E-state index in [0.717, 1.165) is 11.4 Å². The molecular formula is C53H37NS. The van der Waals surface area contributed by atoms with Gasteiger partial charge in [0.05, 0.1) is 5.69 Å². The van der Waals surface area contributed by atoms with Crippen molar-refractivity contribution in [1.82, 2.24) is 0 Å². The standard InChI is InChI=1S/C53H37NS/c1-53(2)47-25-12-10-19-41(47)42-32-31-37(33-48(42)53)54(36-29-27-34(28-30-36)38-23-14-24-46-43-20-11-13-26-49(43)55-52(38)46)51-45-22-9-7-18-40(45)39-17-6-8-21-44(39)50(51)35-15-4-3-5-16-35/h3-33H,1-2H3. The Kier molecular flexibility index (Phi) is 7.14. The number of hydrogen-bond acceptors (Lipinski definition) is 2. The molecule has 0 bridgehead atoms. The molecule has 0 N–H and O–H groups in total. The molecule has 260 valence electrons. The zero-order valence-corrected chi connectivity index (χ0v) is 31.6. The minimum absolute atomic E-state index is 0.131. The van der Waals surface area contributed by atoms with Crippen molar-refractivity contribution < 1.29 is 0 Å². The Morgan fingerprint density at radius 1 is 0.400 bits per heavy atom. The van der Waals surface area contributed by atoms with Crippen LogP contribution in [0.2, 0.25) is 0 Å². The highest BCUT2D eigenvalue weighted by molar-refractivity contribution is 7.26. The molecule has 55 heavy (non-hydrogen) atoms. The van der Waals surface area contributed by atoms with Crippen LogP contribution in [0.1, 0.15) is 25.0 Å². The van der Waals surface area contributed by atoms with E-state index in [1.807, 2.05) is 11.3 Å². The summed E-state index contributed by atoms with van der Waals surface area (Å²) in [6, 6.07) is 69.7. The third-order valence-electron chi connectivity index (χ3n) is 11.9. The van der Waals surface area contributed by atoms with Crippen molar-refractivity contribution in [3.05, 3.63) is 199 Å². The predicted molar refractivity (Wildman–Crippen MR) is 237 cm³/mol. The first kappa shape index (κ1) is 32.0. The third-order valence-corrected chi connectivity index (χ3v) is 13.1. The van der Waals surface area contributed by atoms with E-state index >= 15 is 0 Å². The number of nitrogens with zero attached hydrogens (tertiary/aromatic N) is 1. The molecule has 0 saturated carbocycles. The van der Waals surface area contributed by atoms with Crippen molar-refractivity contribution in [3.8, 4) is 33.4 Å². The van der Waals surface area contributed by atoms with Crippen LogP contribution < -0.4 is 4.90 Å². The molecule has 10 aromatic rings. The summed E-state index contributed by atoms with van der Waals surface area (Å²) in [5, 5.41) is 7.63. The Balaban J connectivity index is 1.19. The van der Waals surface area contributed by atoms with Crippen molar-refractivity contribution in [2.75, 3.05) is 4.90 Å². The van der Waals surface area contributed by atoms with Gasteiger partial charge in [-0.2, -0.15) is 0 Å². The predicted octanol–water partition coefficient (Wildman–Crippen LogP) is 15.5. The third kappa shape index (κ3) is 4.85. The quantitative estimate of drug-likeness (QED) is 0.160. The summed E-state index contributed by atoms with van der Waals surface area (Å²) in [7, 11) is 0. The van der Waals surface area contributed by atoms with E-state index in [9.17, 15) is 0 Å². The average molecular weight is 720 g/mol. The monoisotopic (exact) mass is 719 g/mol. The number of thiophene rings is 1. The van der Waals surface area contributed by atoms with Crippen molar-refractivity contribution in [2.45, 2.75) is 19.3 Å². The fourth-order valence-corrected chi connectivity index (χ4v) is 10.5. The zero-order chi connectivity index (χ0) is 36.7. The molecular weight excluding hydrogens is 683 g/mol. The van der Waals surface area contributed by atoms with Crippen LogP contribution in [0.15, 0.2) is 188 Å². The maximum Gasteiger partial charge on any atom is 0.0624 e. The topological polar surface area (TPSA) is 3.24 Å². The normalized spacial score (nSPS) is 13.1. The summed E-state index contributed by atoms with van der Waals surface area (Å²) < 4.78 is 2.66. The molecule has 0 spiro atoms. The average Bonchev–Trinajstić information content (AvgIpc) is 3.73. The number of rotatable bonds is 5. The molecule has 1 aromatic heterocycles. The highest BCUT2D eigenvalue weighted by atomic mass is 32.1. The van der Waals surface area contributed by atoms with Crippen LogP contribution in [0.4, 0.5) is 17.1 Å². The van der Waals surface area contributed by atoms with Gasteiger partial charge in [-0.1, -0.05) is 172 Å². The van der Waals surface area contributed by atoms with Crippen molar-refractivity contribution in [3.63, 3.8) is 0 Å². The van der Waals surface area contributed by atoms with Gasteiger partial charge in [-0.3, -0.25) is 0 Å². The number of fused-ring (bicyclic) bond motifs is 9. The summed E-state index contributed by atoms with van der Waals surface area (Å²) in [6.07, 6.45) is 0. The second kappa shape index (κ2) is 12.3. The van der Waals surface area contributed by atoms with Gasteiger partial charge in [-0.05, 0) is 85.4 Å². The highest BCUT2D eigenvalue weighted by Gasteiger charge is 2.36. The van der Waals surface area contributed by atoms with Gasteiger partial charge in [0, 0.05) is 47.9 Å². The smallest absolute Gasteiger partial charge is 0.0624 e. The lowest BCUT2D eigenvalue weighted by atomic mass is 9.82. The fourth-order valence-electron chi connectivity index (χ4n) is 9.26. The molecule has 0 aliphatic heterocycles. The van der Waals surface area contributed by atoms with Crippen LogP contribution >= 0.6 is 11.3 Å². The molecule has 0 atom stereocenters. The number of hydrogen-bond donors (Lipinski definition) is 0. The van der Waals surface area contributed by atoms with Crippen LogP contribution in [0.5, 0.6) is 0 Å². The molecule has 1 nitrogen and oxygen atoms in total. The Hall–Kier alpha value is -6.48. The maximum atomic E-state index is 2.53. The van der Waals surface area contributed by atoms with Gasteiger partial charge in [-0.25, -0.2) is 0 Å². The molecule has 2 heteroatoms. The minimum atomic E-state index is -0.131. The molecule has 0 fully saturated rings. The molecule has 0 amide bonds. The van der Waals surface area contributed by atoms with E-state index in [4.69, 9.17) is 0 Å². The summed E-state index contributed by atoms with van der Waals surface area (Å²) in [5.74, 6) is 0. The molecule has 1 heterocycles. The van der Waals surface area contributed by atoms with E-state index in [1.54, 1.807) is 0 Å². The molecule has 0 unspecified atom stereocenters. The van der Waals surface area contributed by atoms with Gasteiger partial charge in [-0.15, -0.1) is 11.3 Å².